The van der Waals surface area contributed by atoms with Crippen molar-refractivity contribution in [3.05, 3.63) is 117 Å². The van der Waals surface area contributed by atoms with Crippen LogP contribution in [0.2, 0.25) is 10.0 Å². The molecule has 1 aliphatic heterocycles. The Hall–Kier alpha value is -3.80. The summed E-state index contributed by atoms with van der Waals surface area (Å²) in [5.74, 6) is -0.503. The van der Waals surface area contributed by atoms with Crippen LogP contribution >= 0.6 is 23.2 Å². The van der Waals surface area contributed by atoms with E-state index in [1.165, 1.54) is 6.07 Å². The summed E-state index contributed by atoms with van der Waals surface area (Å²) in [6.07, 6.45) is 0. The predicted molar refractivity (Wildman–Crippen MR) is 142 cm³/mol. The van der Waals surface area contributed by atoms with Crippen LogP contribution in [0.1, 0.15) is 31.8 Å². The van der Waals surface area contributed by atoms with E-state index < -0.39 is 0 Å². The van der Waals surface area contributed by atoms with Crippen LogP contribution in [-0.2, 0) is 6.54 Å². The lowest BCUT2D eigenvalue weighted by atomic mass is 10.0. The number of carbonyl (C=O) groups is 2. The highest BCUT2D eigenvalue weighted by Gasteiger charge is 2.27. The van der Waals surface area contributed by atoms with E-state index >= 15 is 0 Å². The third-order valence-electron chi connectivity index (χ3n) is 5.94. The van der Waals surface area contributed by atoms with Gasteiger partial charge in [-0.15, -0.1) is 0 Å². The summed E-state index contributed by atoms with van der Waals surface area (Å²) in [5, 5.41) is 7.00. The zero-order valence-corrected chi connectivity index (χ0v) is 20.3. The Kier molecular flexibility index (Phi) is 6.20. The van der Waals surface area contributed by atoms with Gasteiger partial charge in [-0.1, -0.05) is 53.5 Å². The smallest absolute Gasteiger partial charge is 0.263 e. The molecular weight excluding hydrogens is 481 g/mol. The first-order valence-electron chi connectivity index (χ1n) is 11.0. The topological polar surface area (TPSA) is 61.4 Å². The Morgan fingerprint density at radius 2 is 1.57 bits per heavy atom. The second-order valence-electron chi connectivity index (χ2n) is 8.25. The first-order valence-corrected chi connectivity index (χ1v) is 11.8. The molecule has 0 spiro atoms. The number of halogens is 2. The first kappa shape index (κ1) is 23.0. The van der Waals surface area contributed by atoms with E-state index in [4.69, 9.17) is 23.2 Å². The molecule has 4 aromatic carbocycles. The molecule has 0 radical (unpaired) electrons. The van der Waals surface area contributed by atoms with Crippen molar-refractivity contribution >= 4 is 57.8 Å². The zero-order chi connectivity index (χ0) is 24.5. The minimum Gasteiger partial charge on any atom is -0.379 e. The van der Waals surface area contributed by atoms with Crippen molar-refractivity contribution < 1.29 is 9.59 Å². The Balaban J connectivity index is 1.48. The maximum Gasteiger partial charge on any atom is 0.263 e. The number of nitrogens with one attached hydrogen (secondary N) is 2. The lowest BCUT2D eigenvalue weighted by Crippen LogP contribution is -2.27. The Morgan fingerprint density at radius 1 is 0.857 bits per heavy atom. The van der Waals surface area contributed by atoms with Crippen molar-refractivity contribution in [2.75, 3.05) is 15.5 Å². The van der Waals surface area contributed by atoms with Crippen LogP contribution < -0.4 is 15.5 Å². The van der Waals surface area contributed by atoms with Crippen LogP contribution in [-0.4, -0.2) is 11.8 Å². The molecule has 7 heteroatoms. The number of aryl methyl sites for hydroxylation is 1. The fourth-order valence-electron chi connectivity index (χ4n) is 4.21. The molecule has 174 valence electrons. The minimum absolute atomic E-state index is 0.148. The van der Waals surface area contributed by atoms with E-state index in [1.54, 1.807) is 35.2 Å². The van der Waals surface area contributed by atoms with Gasteiger partial charge < -0.3 is 10.6 Å². The van der Waals surface area contributed by atoms with E-state index in [9.17, 15) is 9.59 Å². The number of hydrogen-bond acceptors (Lipinski definition) is 3. The number of amides is 2. The third kappa shape index (κ3) is 4.48. The van der Waals surface area contributed by atoms with Crippen LogP contribution in [0, 0.1) is 6.92 Å². The highest BCUT2D eigenvalue weighted by molar-refractivity contribution is 6.37. The van der Waals surface area contributed by atoms with Gasteiger partial charge >= 0.3 is 0 Å². The number of para-hydroxylation sites is 3. The quantitative estimate of drug-likeness (QED) is 0.306. The number of hydrogen-bond donors (Lipinski definition) is 2. The molecule has 1 aliphatic rings. The lowest BCUT2D eigenvalue weighted by molar-refractivity contribution is 0.0997. The standard InChI is InChI=1S/C28H21Cl2N3O2/c1-17-14-20(32-27(34)22-12-10-19(29)15-23(22)30)11-13-21(17)28(35)33-25-8-4-2-6-18(25)16-31-24-7-3-5-9-26(24)33/h2-15,31H,16H2,1H3,(H,32,34). The second-order valence-corrected chi connectivity index (χ2v) is 9.09. The molecule has 5 rings (SSSR count). The molecule has 5 nitrogen and oxygen atoms in total. The number of nitrogens with zero attached hydrogens (tertiary/aromatic N) is 1. The number of benzene rings is 4. The van der Waals surface area contributed by atoms with Gasteiger partial charge in [0.2, 0.25) is 0 Å². The third-order valence-corrected chi connectivity index (χ3v) is 6.49. The maximum atomic E-state index is 13.9. The van der Waals surface area contributed by atoms with Crippen molar-refractivity contribution in [2.24, 2.45) is 0 Å². The molecule has 1 heterocycles. The summed E-state index contributed by atoms with van der Waals surface area (Å²) in [6.45, 7) is 2.47. The molecule has 0 unspecified atom stereocenters. The monoisotopic (exact) mass is 501 g/mol. The highest BCUT2D eigenvalue weighted by atomic mass is 35.5. The maximum absolute atomic E-state index is 13.9. The van der Waals surface area contributed by atoms with Gasteiger partial charge in [-0.25, -0.2) is 0 Å². The summed E-state index contributed by atoms with van der Waals surface area (Å²) >= 11 is 12.1. The molecule has 0 aromatic heterocycles. The minimum atomic E-state index is -0.355. The van der Waals surface area contributed by atoms with Crippen LogP contribution in [0.5, 0.6) is 0 Å². The molecule has 0 saturated carbocycles. The Morgan fingerprint density at radius 3 is 2.34 bits per heavy atom. The lowest BCUT2D eigenvalue weighted by Gasteiger charge is -2.25. The molecule has 2 N–H and O–H groups in total. The van der Waals surface area contributed by atoms with Gasteiger partial charge in [-0.05, 0) is 72.6 Å². The molecule has 0 saturated heterocycles. The van der Waals surface area contributed by atoms with Crippen molar-refractivity contribution in [3.63, 3.8) is 0 Å². The van der Waals surface area contributed by atoms with Crippen molar-refractivity contribution in [2.45, 2.75) is 13.5 Å². The van der Waals surface area contributed by atoms with Crippen LogP contribution in [0.3, 0.4) is 0 Å². The van der Waals surface area contributed by atoms with Gasteiger partial charge in [-0.2, -0.15) is 0 Å². The van der Waals surface area contributed by atoms with Gasteiger partial charge in [0, 0.05) is 22.8 Å². The molecule has 0 aliphatic carbocycles. The normalized spacial score (nSPS) is 12.1. The summed E-state index contributed by atoms with van der Waals surface area (Å²) in [5.41, 5.74) is 5.70. The zero-order valence-electron chi connectivity index (χ0n) is 18.8. The van der Waals surface area contributed by atoms with Crippen molar-refractivity contribution in [1.29, 1.82) is 0 Å². The molecule has 0 fully saturated rings. The molecule has 0 bridgehead atoms. The van der Waals surface area contributed by atoms with Gasteiger partial charge in [0.25, 0.3) is 11.8 Å². The van der Waals surface area contributed by atoms with E-state index in [-0.39, 0.29) is 16.8 Å². The van der Waals surface area contributed by atoms with E-state index in [0.29, 0.717) is 28.4 Å². The predicted octanol–water partition coefficient (Wildman–Crippen LogP) is 7.46. The molecule has 35 heavy (non-hydrogen) atoms. The summed E-state index contributed by atoms with van der Waals surface area (Å²) < 4.78 is 0. The number of carbonyl (C=O) groups excluding carboxylic acids is 2. The van der Waals surface area contributed by atoms with Gasteiger partial charge in [0.05, 0.1) is 27.6 Å². The van der Waals surface area contributed by atoms with Gasteiger partial charge in [-0.3, -0.25) is 14.5 Å². The summed E-state index contributed by atoms with van der Waals surface area (Å²) in [7, 11) is 0. The Labute approximate surface area is 213 Å². The van der Waals surface area contributed by atoms with Crippen LogP contribution in [0.25, 0.3) is 0 Å². The molecule has 2 amide bonds. The molecule has 0 atom stereocenters. The average Bonchev–Trinajstić information content (AvgIpc) is 3.00. The van der Waals surface area contributed by atoms with Crippen molar-refractivity contribution in [1.82, 2.24) is 0 Å². The number of fused-ring (bicyclic) bond motifs is 2. The average molecular weight is 502 g/mol. The number of anilines is 4. The fraction of sp³-hybridized carbons (Fsp3) is 0.0714. The highest BCUT2D eigenvalue weighted by Crippen LogP contribution is 2.39. The molecule has 4 aromatic rings. The van der Waals surface area contributed by atoms with E-state index in [1.807, 2.05) is 55.5 Å². The van der Waals surface area contributed by atoms with Crippen LogP contribution in [0.4, 0.5) is 22.7 Å². The second kappa shape index (κ2) is 9.45. The van der Waals surface area contributed by atoms with Gasteiger partial charge in [0.1, 0.15) is 0 Å². The first-order chi connectivity index (χ1) is 16.9. The number of rotatable bonds is 3. The van der Waals surface area contributed by atoms with E-state index in [0.717, 1.165) is 28.2 Å². The molecular formula is C28H21Cl2N3O2. The van der Waals surface area contributed by atoms with Crippen molar-refractivity contribution in [3.8, 4) is 0 Å². The SMILES string of the molecule is Cc1cc(NC(=O)c2ccc(Cl)cc2Cl)ccc1C(=O)N1c2ccccc2CNc2ccccc21. The fourth-order valence-corrected chi connectivity index (χ4v) is 4.70. The summed E-state index contributed by atoms with van der Waals surface area (Å²) in [4.78, 5) is 28.4. The summed E-state index contributed by atoms with van der Waals surface area (Å²) in [6, 6.07) is 25.6. The Bertz CT molecular complexity index is 1420. The van der Waals surface area contributed by atoms with Gasteiger partial charge in [0.15, 0.2) is 0 Å². The largest absolute Gasteiger partial charge is 0.379 e. The van der Waals surface area contributed by atoms with Crippen LogP contribution in [0.15, 0.2) is 84.9 Å². The van der Waals surface area contributed by atoms with E-state index in [2.05, 4.69) is 10.6 Å².